The maximum Gasteiger partial charge on any atom is 0.341 e. The molecule has 0 fully saturated rings. The molecule has 0 unspecified atom stereocenters. The van der Waals surface area contributed by atoms with Crippen LogP contribution in [-0.2, 0) is 4.74 Å². The quantitative estimate of drug-likeness (QED) is 0.685. The molecule has 0 aliphatic carbocycles. The number of methoxy groups -OCH3 is 1. The molecule has 7 nitrogen and oxygen atoms in total. The number of rotatable bonds is 4. The van der Waals surface area contributed by atoms with Crippen LogP contribution in [-0.4, -0.2) is 39.3 Å². The largest absolute Gasteiger partial charge is 0.497 e. The van der Waals surface area contributed by atoms with Crippen molar-refractivity contribution in [1.82, 2.24) is 19.6 Å². The SMILES string of the molecule is CCOC(=O)c1cnc2ncnn2c1-c1ccc(OC)cc1. The van der Waals surface area contributed by atoms with Crippen molar-refractivity contribution in [1.29, 1.82) is 0 Å². The molecule has 0 radical (unpaired) electrons. The molecule has 1 aromatic carbocycles. The summed E-state index contributed by atoms with van der Waals surface area (Å²) in [6.45, 7) is 2.04. The first-order valence-corrected chi connectivity index (χ1v) is 6.75. The molecule has 0 spiro atoms. The molecule has 0 bridgehead atoms. The lowest BCUT2D eigenvalue weighted by Crippen LogP contribution is -2.11. The zero-order valence-corrected chi connectivity index (χ0v) is 12.2. The number of ether oxygens (including phenoxy) is 2. The number of carbonyl (C=O) groups is 1. The van der Waals surface area contributed by atoms with Gasteiger partial charge in [0.1, 0.15) is 17.6 Å². The minimum Gasteiger partial charge on any atom is -0.497 e. The second kappa shape index (κ2) is 5.80. The van der Waals surface area contributed by atoms with Crippen LogP contribution in [0.25, 0.3) is 17.0 Å². The second-order valence-corrected chi connectivity index (χ2v) is 4.44. The topological polar surface area (TPSA) is 78.6 Å². The number of benzene rings is 1. The average molecular weight is 298 g/mol. The monoisotopic (exact) mass is 298 g/mol. The van der Waals surface area contributed by atoms with Gasteiger partial charge in [-0.25, -0.2) is 9.78 Å². The Hall–Kier alpha value is -2.96. The van der Waals surface area contributed by atoms with Crippen molar-refractivity contribution in [3.8, 4) is 17.0 Å². The van der Waals surface area contributed by atoms with Gasteiger partial charge in [0.2, 0.25) is 0 Å². The Morgan fingerprint density at radius 2 is 2.00 bits per heavy atom. The summed E-state index contributed by atoms with van der Waals surface area (Å²) in [5.74, 6) is 0.697. The molecule has 0 aliphatic rings. The molecule has 0 atom stereocenters. The van der Waals surface area contributed by atoms with Crippen LogP contribution in [0.4, 0.5) is 0 Å². The van der Waals surface area contributed by atoms with E-state index >= 15 is 0 Å². The number of nitrogens with zero attached hydrogens (tertiary/aromatic N) is 4. The molecule has 0 aliphatic heterocycles. The highest BCUT2D eigenvalue weighted by molar-refractivity contribution is 5.96. The van der Waals surface area contributed by atoms with E-state index in [2.05, 4.69) is 15.1 Å². The summed E-state index contributed by atoms with van der Waals surface area (Å²) >= 11 is 0. The molecule has 3 rings (SSSR count). The molecule has 0 amide bonds. The summed E-state index contributed by atoms with van der Waals surface area (Å²) in [7, 11) is 1.60. The predicted molar refractivity (Wildman–Crippen MR) is 78.7 cm³/mol. The number of hydrogen-bond donors (Lipinski definition) is 0. The summed E-state index contributed by atoms with van der Waals surface area (Å²) in [5.41, 5.74) is 1.72. The first-order chi connectivity index (χ1) is 10.7. The van der Waals surface area contributed by atoms with E-state index in [-0.39, 0.29) is 6.61 Å². The molecule has 2 heterocycles. The van der Waals surface area contributed by atoms with Gasteiger partial charge in [0.05, 0.1) is 19.4 Å². The van der Waals surface area contributed by atoms with E-state index in [0.717, 1.165) is 11.3 Å². The van der Waals surface area contributed by atoms with Crippen LogP contribution in [0.5, 0.6) is 5.75 Å². The van der Waals surface area contributed by atoms with Gasteiger partial charge in [-0.05, 0) is 31.2 Å². The van der Waals surface area contributed by atoms with Crippen molar-refractivity contribution < 1.29 is 14.3 Å². The molecule has 0 N–H and O–H groups in total. The zero-order valence-electron chi connectivity index (χ0n) is 12.2. The zero-order chi connectivity index (χ0) is 15.5. The normalized spacial score (nSPS) is 10.6. The van der Waals surface area contributed by atoms with Crippen molar-refractivity contribution in [2.75, 3.05) is 13.7 Å². The van der Waals surface area contributed by atoms with Gasteiger partial charge >= 0.3 is 5.97 Å². The van der Waals surface area contributed by atoms with Gasteiger partial charge in [-0.15, -0.1) is 0 Å². The summed E-state index contributed by atoms with van der Waals surface area (Å²) in [6, 6.07) is 7.32. The Bertz CT molecular complexity index is 811. The third-order valence-corrected chi connectivity index (χ3v) is 3.16. The number of esters is 1. The fourth-order valence-electron chi connectivity index (χ4n) is 2.16. The summed E-state index contributed by atoms with van der Waals surface area (Å²) in [5, 5.41) is 4.14. The smallest absolute Gasteiger partial charge is 0.341 e. The number of fused-ring (bicyclic) bond motifs is 1. The van der Waals surface area contributed by atoms with E-state index in [4.69, 9.17) is 9.47 Å². The van der Waals surface area contributed by atoms with Crippen molar-refractivity contribution >= 4 is 11.7 Å². The van der Waals surface area contributed by atoms with Gasteiger partial charge in [0.25, 0.3) is 5.78 Å². The lowest BCUT2D eigenvalue weighted by atomic mass is 10.1. The van der Waals surface area contributed by atoms with Crippen molar-refractivity contribution in [2.24, 2.45) is 0 Å². The fourth-order valence-corrected chi connectivity index (χ4v) is 2.16. The van der Waals surface area contributed by atoms with Gasteiger partial charge in [-0.1, -0.05) is 0 Å². The first-order valence-electron chi connectivity index (χ1n) is 6.75. The van der Waals surface area contributed by atoms with E-state index < -0.39 is 5.97 Å². The van der Waals surface area contributed by atoms with Crippen LogP contribution in [0.3, 0.4) is 0 Å². The van der Waals surface area contributed by atoms with E-state index in [0.29, 0.717) is 17.0 Å². The van der Waals surface area contributed by atoms with E-state index in [1.165, 1.54) is 17.0 Å². The predicted octanol–water partition coefficient (Wildman–Crippen LogP) is 1.98. The minimum atomic E-state index is -0.446. The minimum absolute atomic E-state index is 0.288. The molecule has 3 aromatic rings. The Kier molecular flexibility index (Phi) is 3.69. The van der Waals surface area contributed by atoms with Crippen LogP contribution >= 0.6 is 0 Å². The Labute approximate surface area is 126 Å². The van der Waals surface area contributed by atoms with Crippen molar-refractivity contribution in [2.45, 2.75) is 6.92 Å². The summed E-state index contributed by atoms with van der Waals surface area (Å²) < 4.78 is 11.8. The van der Waals surface area contributed by atoms with Gasteiger partial charge in [0, 0.05) is 11.8 Å². The molecule has 2 aromatic heterocycles. The molecular weight excluding hydrogens is 284 g/mol. The van der Waals surface area contributed by atoms with E-state index in [1.54, 1.807) is 14.0 Å². The Morgan fingerprint density at radius 1 is 1.23 bits per heavy atom. The summed E-state index contributed by atoms with van der Waals surface area (Å²) in [4.78, 5) is 20.4. The Balaban J connectivity index is 2.21. The molecule has 112 valence electrons. The lowest BCUT2D eigenvalue weighted by Gasteiger charge is -2.10. The first kappa shape index (κ1) is 14.0. The molecule has 22 heavy (non-hydrogen) atoms. The van der Waals surface area contributed by atoms with E-state index in [9.17, 15) is 4.79 Å². The van der Waals surface area contributed by atoms with Gasteiger partial charge in [-0.3, -0.25) is 0 Å². The third kappa shape index (κ3) is 2.37. The van der Waals surface area contributed by atoms with Gasteiger partial charge in [-0.2, -0.15) is 14.6 Å². The van der Waals surface area contributed by atoms with Crippen molar-refractivity contribution in [3.05, 3.63) is 42.4 Å². The number of carbonyl (C=O) groups excluding carboxylic acids is 1. The Morgan fingerprint density at radius 3 is 2.68 bits per heavy atom. The number of hydrogen-bond acceptors (Lipinski definition) is 6. The van der Waals surface area contributed by atoms with E-state index in [1.807, 2.05) is 24.3 Å². The third-order valence-electron chi connectivity index (χ3n) is 3.16. The lowest BCUT2D eigenvalue weighted by molar-refractivity contribution is 0.0526. The highest BCUT2D eigenvalue weighted by Gasteiger charge is 2.19. The fraction of sp³-hybridized carbons (Fsp3) is 0.200. The van der Waals surface area contributed by atoms with Crippen LogP contribution in [0.1, 0.15) is 17.3 Å². The standard InChI is InChI=1S/C15H14N4O3/c1-3-22-14(20)12-8-16-15-17-9-18-19(15)13(12)10-4-6-11(21-2)7-5-10/h4-9H,3H2,1-2H3. The highest BCUT2D eigenvalue weighted by atomic mass is 16.5. The van der Waals surface area contributed by atoms with Gasteiger partial charge in [0.15, 0.2) is 0 Å². The van der Waals surface area contributed by atoms with Crippen LogP contribution in [0.15, 0.2) is 36.8 Å². The number of aromatic nitrogens is 4. The van der Waals surface area contributed by atoms with Crippen LogP contribution < -0.4 is 4.74 Å². The molecule has 0 saturated carbocycles. The highest BCUT2D eigenvalue weighted by Crippen LogP contribution is 2.26. The van der Waals surface area contributed by atoms with Crippen LogP contribution in [0.2, 0.25) is 0 Å². The van der Waals surface area contributed by atoms with Crippen molar-refractivity contribution in [3.63, 3.8) is 0 Å². The maximum absolute atomic E-state index is 12.2. The molecule has 7 heteroatoms. The van der Waals surface area contributed by atoms with Crippen LogP contribution in [0, 0.1) is 0 Å². The molecular formula is C15H14N4O3. The molecule has 0 saturated heterocycles. The average Bonchev–Trinajstić information content (AvgIpc) is 3.03. The van der Waals surface area contributed by atoms with Gasteiger partial charge < -0.3 is 9.47 Å². The maximum atomic E-state index is 12.2. The summed E-state index contributed by atoms with van der Waals surface area (Å²) in [6.07, 6.45) is 2.85. The second-order valence-electron chi connectivity index (χ2n) is 4.44.